The summed E-state index contributed by atoms with van der Waals surface area (Å²) in [6, 6.07) is 12.7. The smallest absolute Gasteiger partial charge is 0.229 e. The Balaban J connectivity index is 1.51. The maximum absolute atomic E-state index is 13.2. The van der Waals surface area contributed by atoms with Gasteiger partial charge < -0.3 is 4.74 Å². The topological polar surface area (TPSA) is 42.4 Å². The molecule has 4 nitrogen and oxygen atoms in total. The molecule has 1 unspecified atom stereocenters. The maximum Gasteiger partial charge on any atom is 0.229 e. The summed E-state index contributed by atoms with van der Waals surface area (Å²) < 4.78 is 7.01. The number of anilines is 1. The number of aryl methyl sites for hydroxylation is 3. The van der Waals surface area contributed by atoms with Crippen LogP contribution in [0.2, 0.25) is 0 Å². The van der Waals surface area contributed by atoms with Crippen LogP contribution in [0.25, 0.3) is 10.2 Å². The number of thioether (sulfide) groups is 1. The molecular weight excluding hydrogens is 412 g/mol. The van der Waals surface area contributed by atoms with Gasteiger partial charge in [-0.1, -0.05) is 41.2 Å². The monoisotopic (exact) mass is 440 g/mol. The number of carbonyl (C=O) groups is 1. The number of benzene rings is 2. The molecule has 1 aliphatic rings. The van der Waals surface area contributed by atoms with Crippen LogP contribution in [0.1, 0.15) is 36.0 Å². The molecule has 1 atom stereocenters. The van der Waals surface area contributed by atoms with E-state index in [-0.39, 0.29) is 12.0 Å². The van der Waals surface area contributed by atoms with Crippen LogP contribution in [-0.2, 0) is 9.53 Å². The van der Waals surface area contributed by atoms with Gasteiger partial charge in [0.1, 0.15) is 0 Å². The first kappa shape index (κ1) is 21.3. The van der Waals surface area contributed by atoms with Crippen LogP contribution in [0.5, 0.6) is 0 Å². The van der Waals surface area contributed by atoms with Gasteiger partial charge in [-0.05, 0) is 56.9 Å². The van der Waals surface area contributed by atoms with Crippen molar-refractivity contribution < 1.29 is 9.53 Å². The molecule has 1 saturated heterocycles. The number of thiazole rings is 1. The van der Waals surface area contributed by atoms with E-state index in [1.807, 2.05) is 4.90 Å². The highest BCUT2D eigenvalue weighted by Gasteiger charge is 2.26. The second-order valence-electron chi connectivity index (χ2n) is 7.92. The van der Waals surface area contributed by atoms with Gasteiger partial charge in [0.05, 0.1) is 22.9 Å². The Morgan fingerprint density at radius 3 is 2.63 bits per heavy atom. The van der Waals surface area contributed by atoms with Crippen LogP contribution >= 0.6 is 23.1 Å². The van der Waals surface area contributed by atoms with Crippen LogP contribution < -0.4 is 4.90 Å². The highest BCUT2D eigenvalue weighted by molar-refractivity contribution is 7.99. The van der Waals surface area contributed by atoms with Gasteiger partial charge in [0.15, 0.2) is 5.13 Å². The minimum Gasteiger partial charge on any atom is -0.376 e. The number of carbonyl (C=O) groups excluding carboxylic acids is 1. The SMILES string of the molecule is Cc1ccc(SCCC(=O)N(CC2CCCO2)c2nc3c(C)ccc(C)c3s2)cc1. The summed E-state index contributed by atoms with van der Waals surface area (Å²) in [5.41, 5.74) is 4.62. The van der Waals surface area contributed by atoms with Gasteiger partial charge in [-0.15, -0.1) is 11.8 Å². The van der Waals surface area contributed by atoms with E-state index in [1.165, 1.54) is 20.7 Å². The molecule has 0 bridgehead atoms. The van der Waals surface area contributed by atoms with Gasteiger partial charge in [-0.3, -0.25) is 9.69 Å². The molecule has 1 aliphatic heterocycles. The lowest BCUT2D eigenvalue weighted by Crippen LogP contribution is -2.37. The second kappa shape index (κ2) is 9.50. The van der Waals surface area contributed by atoms with Crippen molar-refractivity contribution in [3.8, 4) is 0 Å². The Bertz CT molecular complexity index is 985. The van der Waals surface area contributed by atoms with E-state index in [0.717, 1.165) is 41.4 Å². The van der Waals surface area contributed by atoms with E-state index in [4.69, 9.17) is 9.72 Å². The van der Waals surface area contributed by atoms with E-state index in [2.05, 4.69) is 57.2 Å². The van der Waals surface area contributed by atoms with E-state index in [1.54, 1.807) is 23.1 Å². The lowest BCUT2D eigenvalue weighted by molar-refractivity contribution is -0.118. The normalized spacial score (nSPS) is 16.3. The molecule has 0 saturated carbocycles. The van der Waals surface area contributed by atoms with Gasteiger partial charge in [0.2, 0.25) is 5.91 Å². The Morgan fingerprint density at radius 1 is 1.17 bits per heavy atom. The van der Waals surface area contributed by atoms with Gasteiger partial charge in [0.25, 0.3) is 0 Å². The van der Waals surface area contributed by atoms with Crippen LogP contribution in [0.15, 0.2) is 41.3 Å². The third-order valence-corrected chi connectivity index (χ3v) is 7.71. The zero-order valence-corrected chi connectivity index (χ0v) is 19.4. The van der Waals surface area contributed by atoms with Crippen molar-refractivity contribution in [3.05, 3.63) is 53.1 Å². The molecular formula is C24H28N2O2S2. The summed E-state index contributed by atoms with van der Waals surface area (Å²) in [6.45, 7) is 7.65. The molecule has 0 spiro atoms. The van der Waals surface area contributed by atoms with Crippen molar-refractivity contribution >= 4 is 44.4 Å². The minimum absolute atomic E-state index is 0.105. The highest BCUT2D eigenvalue weighted by Crippen LogP contribution is 2.34. The first-order valence-electron chi connectivity index (χ1n) is 10.5. The van der Waals surface area contributed by atoms with E-state index < -0.39 is 0 Å². The van der Waals surface area contributed by atoms with Crippen molar-refractivity contribution in [2.45, 2.75) is 51.0 Å². The van der Waals surface area contributed by atoms with E-state index >= 15 is 0 Å². The Labute approximate surface area is 186 Å². The summed E-state index contributed by atoms with van der Waals surface area (Å²) >= 11 is 3.35. The average Bonchev–Trinajstić information content (AvgIpc) is 3.41. The van der Waals surface area contributed by atoms with Crippen molar-refractivity contribution in [2.75, 3.05) is 23.8 Å². The van der Waals surface area contributed by atoms with Gasteiger partial charge in [0, 0.05) is 23.7 Å². The van der Waals surface area contributed by atoms with Gasteiger partial charge >= 0.3 is 0 Å². The fraction of sp³-hybridized carbons (Fsp3) is 0.417. The summed E-state index contributed by atoms with van der Waals surface area (Å²) in [5, 5.41) is 0.795. The number of amides is 1. The Kier molecular flexibility index (Phi) is 6.76. The molecule has 0 radical (unpaired) electrons. The molecule has 6 heteroatoms. The van der Waals surface area contributed by atoms with Gasteiger partial charge in [-0.2, -0.15) is 0 Å². The highest BCUT2D eigenvalue weighted by atomic mass is 32.2. The molecule has 2 aromatic carbocycles. The molecule has 0 aliphatic carbocycles. The number of aromatic nitrogens is 1. The number of rotatable bonds is 7. The summed E-state index contributed by atoms with van der Waals surface area (Å²) in [7, 11) is 0. The summed E-state index contributed by atoms with van der Waals surface area (Å²) in [6.07, 6.45) is 2.66. The van der Waals surface area contributed by atoms with Crippen molar-refractivity contribution in [1.82, 2.24) is 4.98 Å². The van der Waals surface area contributed by atoms with Crippen molar-refractivity contribution in [1.29, 1.82) is 0 Å². The molecule has 0 N–H and O–H groups in total. The third kappa shape index (κ3) is 4.88. The van der Waals surface area contributed by atoms with Crippen LogP contribution in [0.4, 0.5) is 5.13 Å². The predicted molar refractivity (Wildman–Crippen MR) is 127 cm³/mol. The number of fused-ring (bicyclic) bond motifs is 1. The zero-order valence-electron chi connectivity index (χ0n) is 17.8. The molecule has 158 valence electrons. The standard InChI is InChI=1S/C24H28N2O2S2/c1-16-6-10-20(11-7-16)29-14-12-21(27)26(15-19-5-4-13-28-19)24-25-22-17(2)8-9-18(3)23(22)30-24/h6-11,19H,4-5,12-15H2,1-3H3. The van der Waals surface area contributed by atoms with Crippen LogP contribution in [-0.4, -0.2) is 35.9 Å². The number of hydrogen-bond acceptors (Lipinski definition) is 5. The average molecular weight is 441 g/mol. The quantitative estimate of drug-likeness (QED) is 0.428. The fourth-order valence-electron chi connectivity index (χ4n) is 3.67. The first-order valence-corrected chi connectivity index (χ1v) is 12.3. The van der Waals surface area contributed by atoms with E-state index in [9.17, 15) is 4.79 Å². The number of hydrogen-bond donors (Lipinski definition) is 0. The van der Waals surface area contributed by atoms with Crippen LogP contribution in [0.3, 0.4) is 0 Å². The molecule has 2 heterocycles. The van der Waals surface area contributed by atoms with Crippen LogP contribution in [0, 0.1) is 20.8 Å². The molecule has 1 amide bonds. The minimum atomic E-state index is 0.105. The summed E-state index contributed by atoms with van der Waals surface area (Å²) in [5.74, 6) is 0.881. The predicted octanol–water partition coefficient (Wildman–Crippen LogP) is 5.92. The van der Waals surface area contributed by atoms with Crippen molar-refractivity contribution in [2.24, 2.45) is 0 Å². The number of nitrogens with zero attached hydrogens (tertiary/aromatic N) is 2. The summed E-state index contributed by atoms with van der Waals surface area (Å²) in [4.78, 5) is 21.2. The lowest BCUT2D eigenvalue weighted by atomic mass is 10.1. The first-order chi connectivity index (χ1) is 14.5. The third-order valence-electron chi connectivity index (χ3n) is 5.48. The zero-order chi connectivity index (χ0) is 21.1. The molecule has 1 aromatic heterocycles. The Morgan fingerprint density at radius 2 is 1.93 bits per heavy atom. The molecule has 1 fully saturated rings. The molecule has 4 rings (SSSR count). The Hall–Kier alpha value is -1.89. The lowest BCUT2D eigenvalue weighted by Gasteiger charge is -2.23. The van der Waals surface area contributed by atoms with Crippen molar-refractivity contribution in [3.63, 3.8) is 0 Å². The molecule has 30 heavy (non-hydrogen) atoms. The second-order valence-corrected chi connectivity index (χ2v) is 10.1. The maximum atomic E-state index is 13.2. The molecule has 3 aromatic rings. The fourth-order valence-corrected chi connectivity index (χ4v) is 5.65. The number of ether oxygens (including phenoxy) is 1. The van der Waals surface area contributed by atoms with Gasteiger partial charge in [-0.25, -0.2) is 4.98 Å². The van der Waals surface area contributed by atoms with E-state index in [0.29, 0.717) is 13.0 Å². The largest absolute Gasteiger partial charge is 0.376 e.